The number of Topliss-reactive ketones (excluding diaryl/α,β-unsaturated/α-hetero) is 1. The summed E-state index contributed by atoms with van der Waals surface area (Å²) in [6.07, 6.45) is 4.59. The van der Waals surface area contributed by atoms with Crippen LogP contribution in [0.4, 0.5) is 11.5 Å². The van der Waals surface area contributed by atoms with Gasteiger partial charge in [-0.25, -0.2) is 4.98 Å². The van der Waals surface area contributed by atoms with Crippen LogP contribution >= 0.6 is 0 Å². The zero-order valence-corrected chi connectivity index (χ0v) is 21.5. The summed E-state index contributed by atoms with van der Waals surface area (Å²) in [6, 6.07) is 27.1. The quantitative estimate of drug-likeness (QED) is 0.331. The minimum Gasteiger partial charge on any atom is -0.381 e. The maximum Gasteiger partial charge on any atom is 0.170 e. The third-order valence-corrected chi connectivity index (χ3v) is 7.25. The molecule has 5 aromatic rings. The van der Waals surface area contributed by atoms with Gasteiger partial charge in [-0.15, -0.1) is 0 Å². The third kappa shape index (κ3) is 5.49. The van der Waals surface area contributed by atoms with E-state index in [1.54, 1.807) is 12.1 Å². The first-order valence-electron chi connectivity index (χ1n) is 13.2. The minimum absolute atomic E-state index is 0.178. The molecule has 1 saturated heterocycles. The van der Waals surface area contributed by atoms with Gasteiger partial charge in [0.1, 0.15) is 11.9 Å². The lowest BCUT2D eigenvalue weighted by atomic mass is 9.98. The van der Waals surface area contributed by atoms with Crippen LogP contribution in [0.5, 0.6) is 0 Å². The largest absolute Gasteiger partial charge is 0.381 e. The highest BCUT2D eigenvalue weighted by atomic mass is 16.3. The molecule has 7 nitrogen and oxygen atoms in total. The van der Waals surface area contributed by atoms with Crippen LogP contribution in [0.15, 0.2) is 104 Å². The van der Waals surface area contributed by atoms with Gasteiger partial charge in [0.15, 0.2) is 5.78 Å². The number of fused-ring (bicyclic) bond motifs is 1. The van der Waals surface area contributed by atoms with Gasteiger partial charge in [0.05, 0.1) is 17.2 Å². The van der Waals surface area contributed by atoms with Crippen molar-refractivity contribution < 1.29 is 9.90 Å². The van der Waals surface area contributed by atoms with Crippen molar-refractivity contribution in [3.05, 3.63) is 115 Å². The Balaban J connectivity index is 1.14. The number of aliphatic hydroxyl groups is 1. The standard InChI is InChI=1S/C32H29N5O2/c38-30(32(39)25-4-2-1-3-5-25)20-23-6-8-24(9-7-23)26-10-11-28-29(21-26)35-31(22-34-28)37-18-16-36(17-19-37)27-12-14-33-15-13-27/h1-15,21-22,32,39H,16-20H2. The molecule has 0 radical (unpaired) electrons. The molecule has 3 heterocycles. The number of pyridine rings is 1. The fraction of sp³-hybridized carbons (Fsp3) is 0.188. The molecule has 0 saturated carbocycles. The molecule has 7 heteroatoms. The van der Waals surface area contributed by atoms with Gasteiger partial charge in [-0.2, -0.15) is 0 Å². The molecule has 1 aliphatic heterocycles. The molecular weight excluding hydrogens is 486 g/mol. The number of rotatable bonds is 7. The van der Waals surface area contributed by atoms with Crippen LogP contribution < -0.4 is 9.80 Å². The van der Waals surface area contributed by atoms with Gasteiger partial charge in [0.2, 0.25) is 0 Å². The van der Waals surface area contributed by atoms with E-state index in [1.807, 2.05) is 85.3 Å². The predicted molar refractivity (Wildman–Crippen MR) is 154 cm³/mol. The third-order valence-electron chi connectivity index (χ3n) is 7.25. The molecule has 0 aliphatic carbocycles. The highest BCUT2D eigenvalue weighted by Crippen LogP contribution is 2.26. The van der Waals surface area contributed by atoms with E-state index in [4.69, 9.17) is 4.98 Å². The Bertz CT molecular complexity index is 1570. The lowest BCUT2D eigenvalue weighted by Crippen LogP contribution is -2.46. The van der Waals surface area contributed by atoms with Gasteiger partial charge >= 0.3 is 0 Å². The Hall–Kier alpha value is -4.62. The number of nitrogens with zero attached hydrogens (tertiary/aromatic N) is 5. The van der Waals surface area contributed by atoms with Gasteiger partial charge in [-0.05, 0) is 46.5 Å². The Labute approximate surface area is 227 Å². The molecular formula is C32H29N5O2. The molecule has 1 aliphatic rings. The SMILES string of the molecule is O=C(Cc1ccc(-c2ccc3ncc(N4CCN(c5ccncc5)CC4)nc3c2)cc1)C(O)c1ccccc1. The summed E-state index contributed by atoms with van der Waals surface area (Å²) in [7, 11) is 0. The number of hydrogen-bond donors (Lipinski definition) is 1. The summed E-state index contributed by atoms with van der Waals surface area (Å²) < 4.78 is 0. The number of ketones is 1. The van der Waals surface area contributed by atoms with Crippen molar-refractivity contribution in [3.8, 4) is 11.1 Å². The number of hydrogen-bond acceptors (Lipinski definition) is 7. The van der Waals surface area contributed by atoms with Gasteiger partial charge in [0, 0.05) is 50.7 Å². The first-order valence-corrected chi connectivity index (χ1v) is 13.2. The Morgan fingerprint density at radius 1 is 0.795 bits per heavy atom. The van der Waals surface area contributed by atoms with E-state index in [9.17, 15) is 9.90 Å². The Kier molecular flexibility index (Phi) is 6.97. The van der Waals surface area contributed by atoms with E-state index < -0.39 is 6.10 Å². The van der Waals surface area contributed by atoms with E-state index in [-0.39, 0.29) is 12.2 Å². The first-order chi connectivity index (χ1) is 19.1. The maximum absolute atomic E-state index is 12.6. The van der Waals surface area contributed by atoms with Crippen LogP contribution in [0.1, 0.15) is 17.2 Å². The number of carbonyl (C=O) groups is 1. The fourth-order valence-electron chi connectivity index (χ4n) is 5.02. The minimum atomic E-state index is -1.11. The average molecular weight is 516 g/mol. The molecule has 6 rings (SSSR count). The average Bonchev–Trinajstić information content (AvgIpc) is 3.01. The van der Waals surface area contributed by atoms with Crippen molar-refractivity contribution in [2.24, 2.45) is 0 Å². The van der Waals surface area contributed by atoms with Gasteiger partial charge < -0.3 is 14.9 Å². The van der Waals surface area contributed by atoms with Crippen LogP contribution in [0, 0.1) is 0 Å². The van der Waals surface area contributed by atoms with Crippen molar-refractivity contribution in [1.29, 1.82) is 0 Å². The van der Waals surface area contributed by atoms with Gasteiger partial charge in [0.25, 0.3) is 0 Å². The van der Waals surface area contributed by atoms with Crippen molar-refractivity contribution in [3.63, 3.8) is 0 Å². The molecule has 1 atom stereocenters. The summed E-state index contributed by atoms with van der Waals surface area (Å²) in [5.41, 5.74) is 6.47. The van der Waals surface area contributed by atoms with Crippen LogP contribution in [0.3, 0.4) is 0 Å². The number of carbonyl (C=O) groups excluding carboxylic acids is 1. The van der Waals surface area contributed by atoms with Crippen LogP contribution in [-0.4, -0.2) is 52.0 Å². The predicted octanol–water partition coefficient (Wildman–Crippen LogP) is 4.86. The molecule has 0 bridgehead atoms. The molecule has 2 aromatic heterocycles. The molecule has 39 heavy (non-hydrogen) atoms. The fourth-order valence-corrected chi connectivity index (χ4v) is 5.02. The molecule has 0 spiro atoms. The second kappa shape index (κ2) is 11.0. The van der Waals surface area contributed by atoms with Crippen molar-refractivity contribution in [2.45, 2.75) is 12.5 Å². The van der Waals surface area contributed by atoms with Gasteiger partial charge in [-0.1, -0.05) is 60.7 Å². The molecule has 194 valence electrons. The van der Waals surface area contributed by atoms with E-state index in [0.717, 1.165) is 59.7 Å². The maximum atomic E-state index is 12.6. The van der Waals surface area contributed by atoms with Crippen LogP contribution in [0.25, 0.3) is 22.2 Å². The lowest BCUT2D eigenvalue weighted by molar-refractivity contribution is -0.126. The second-order valence-corrected chi connectivity index (χ2v) is 9.76. The summed E-state index contributed by atoms with van der Waals surface area (Å²) in [5, 5.41) is 10.4. The number of aliphatic hydroxyl groups excluding tert-OH is 1. The van der Waals surface area contributed by atoms with Gasteiger partial charge in [-0.3, -0.25) is 14.8 Å². The number of piperazine rings is 1. The van der Waals surface area contributed by atoms with Crippen LogP contribution in [-0.2, 0) is 11.2 Å². The van der Waals surface area contributed by atoms with Crippen LogP contribution in [0.2, 0.25) is 0 Å². The Morgan fingerprint density at radius 3 is 2.23 bits per heavy atom. The lowest BCUT2D eigenvalue weighted by Gasteiger charge is -2.36. The highest BCUT2D eigenvalue weighted by molar-refractivity contribution is 5.86. The number of aromatic nitrogens is 3. The molecule has 1 fully saturated rings. The van der Waals surface area contributed by atoms with E-state index >= 15 is 0 Å². The Morgan fingerprint density at radius 2 is 1.49 bits per heavy atom. The monoisotopic (exact) mass is 515 g/mol. The van der Waals surface area contributed by atoms with E-state index in [2.05, 4.69) is 25.8 Å². The van der Waals surface area contributed by atoms with Crippen molar-refractivity contribution >= 4 is 28.3 Å². The zero-order valence-electron chi connectivity index (χ0n) is 21.5. The number of benzene rings is 3. The molecule has 1 unspecified atom stereocenters. The summed E-state index contributed by atoms with van der Waals surface area (Å²) in [5.74, 6) is 0.670. The topological polar surface area (TPSA) is 82.5 Å². The summed E-state index contributed by atoms with van der Waals surface area (Å²) >= 11 is 0. The number of anilines is 2. The van der Waals surface area contributed by atoms with Crippen molar-refractivity contribution in [1.82, 2.24) is 15.0 Å². The summed E-state index contributed by atoms with van der Waals surface area (Å²) in [4.78, 5) is 31.0. The van der Waals surface area contributed by atoms with Crippen molar-refractivity contribution in [2.75, 3.05) is 36.0 Å². The first kappa shape index (κ1) is 24.7. The van der Waals surface area contributed by atoms with E-state index in [1.165, 1.54) is 5.69 Å². The molecule has 3 aromatic carbocycles. The smallest absolute Gasteiger partial charge is 0.170 e. The molecule has 1 N–H and O–H groups in total. The second-order valence-electron chi connectivity index (χ2n) is 9.76. The highest BCUT2D eigenvalue weighted by Gasteiger charge is 2.19. The summed E-state index contributed by atoms with van der Waals surface area (Å²) in [6.45, 7) is 3.59. The zero-order chi connectivity index (χ0) is 26.6. The van der Waals surface area contributed by atoms with E-state index in [0.29, 0.717) is 5.56 Å². The normalized spacial score (nSPS) is 14.4. The molecule has 0 amide bonds.